The van der Waals surface area contributed by atoms with E-state index in [4.69, 9.17) is 11.8 Å². The maximum atomic E-state index is 5.14. The Bertz CT molecular complexity index is 69.9. The molecule has 0 aromatic carbocycles. The molecule has 0 saturated heterocycles. The molecule has 0 aromatic rings. The van der Waals surface area contributed by atoms with Gasteiger partial charge in [-0.2, -0.15) is 0 Å². The first kappa shape index (κ1) is 3.70. The molecule has 0 atom stereocenters. The summed E-state index contributed by atoms with van der Waals surface area (Å²) in [6.07, 6.45) is 2.33. The fraction of sp³-hybridized carbons (Fsp3) is 0. The number of halogens is 1. The molecule has 0 spiro atoms. The Morgan fingerprint density at radius 3 is 2.83 bits per heavy atom. The minimum atomic E-state index is 0.986. The van der Waals surface area contributed by atoms with Gasteiger partial charge in [-0.25, -0.2) is 0 Å². The SMILES string of the molecule is ClN1N=[C]NN1. The minimum absolute atomic E-state index is 0.986. The van der Waals surface area contributed by atoms with Gasteiger partial charge < -0.3 is 0 Å². The van der Waals surface area contributed by atoms with Crippen LogP contribution in [0.2, 0.25) is 0 Å². The maximum absolute atomic E-state index is 5.14. The normalized spacial score (nSPS) is 18.5. The van der Waals surface area contributed by atoms with Crippen molar-refractivity contribution >= 4 is 18.1 Å². The van der Waals surface area contributed by atoms with Gasteiger partial charge in [0.05, 0.1) is 11.8 Å². The largest absolute Gasteiger partial charge is 0.281 e. The van der Waals surface area contributed by atoms with Crippen LogP contribution in [0, 0.1) is 0 Å². The molecule has 33 valence electrons. The zero-order valence-electron chi connectivity index (χ0n) is 2.77. The van der Waals surface area contributed by atoms with Crippen LogP contribution in [0.15, 0.2) is 5.10 Å². The molecule has 4 nitrogen and oxygen atoms in total. The molecule has 6 heavy (non-hydrogen) atoms. The molecular formula is CH2ClN4. The minimum Gasteiger partial charge on any atom is -0.281 e. The summed E-state index contributed by atoms with van der Waals surface area (Å²) in [5.41, 5.74) is 4.79. The molecular weight excluding hydrogens is 103 g/mol. The number of hydrazine groups is 2. The van der Waals surface area contributed by atoms with Gasteiger partial charge in [0, 0.05) is 0 Å². The molecule has 1 aliphatic heterocycles. The van der Waals surface area contributed by atoms with Crippen LogP contribution in [-0.2, 0) is 0 Å². The summed E-state index contributed by atoms with van der Waals surface area (Å²) >= 11 is 5.14. The first-order chi connectivity index (χ1) is 2.89. The van der Waals surface area contributed by atoms with Gasteiger partial charge in [-0.1, -0.05) is 0 Å². The Kier molecular flexibility index (Phi) is 0.813. The molecule has 1 radical (unpaired) electrons. The highest BCUT2D eigenvalue weighted by Gasteiger charge is 1.95. The zero-order chi connectivity index (χ0) is 4.41. The van der Waals surface area contributed by atoms with E-state index < -0.39 is 0 Å². The maximum Gasteiger partial charge on any atom is 0.211 e. The van der Waals surface area contributed by atoms with Crippen LogP contribution in [0.3, 0.4) is 0 Å². The van der Waals surface area contributed by atoms with Crippen LogP contribution in [-0.4, -0.2) is 11.0 Å². The summed E-state index contributed by atoms with van der Waals surface area (Å²) in [5, 5.41) is 3.36. The van der Waals surface area contributed by atoms with Crippen molar-refractivity contribution in [1.82, 2.24) is 15.6 Å². The third kappa shape index (κ3) is 0.526. The molecule has 1 rings (SSSR count). The van der Waals surface area contributed by atoms with Crippen molar-refractivity contribution in [3.8, 4) is 0 Å². The van der Waals surface area contributed by atoms with Crippen LogP contribution in [0.4, 0.5) is 0 Å². The lowest BCUT2D eigenvalue weighted by atomic mass is 11.4. The highest BCUT2D eigenvalue weighted by Crippen LogP contribution is 1.86. The fourth-order valence-electron chi connectivity index (χ4n) is 0.165. The van der Waals surface area contributed by atoms with Crippen LogP contribution in [0.25, 0.3) is 0 Å². The van der Waals surface area contributed by atoms with Crippen LogP contribution < -0.4 is 11.0 Å². The van der Waals surface area contributed by atoms with E-state index in [9.17, 15) is 0 Å². The number of hydrogen-bond acceptors (Lipinski definition) is 4. The number of nitrogens with zero attached hydrogens (tertiary/aromatic N) is 2. The summed E-state index contributed by atoms with van der Waals surface area (Å²) in [7, 11) is 0. The van der Waals surface area contributed by atoms with Crippen molar-refractivity contribution in [3.05, 3.63) is 0 Å². The standard InChI is InChI=1S/CH2ClN4/c2-6-4-1-3-5-6/h5H,(H,3,4). The van der Waals surface area contributed by atoms with Crippen molar-refractivity contribution in [2.75, 3.05) is 0 Å². The third-order valence-electron chi connectivity index (χ3n) is 0.342. The van der Waals surface area contributed by atoms with Gasteiger partial charge in [-0.15, -0.1) is 15.3 Å². The Morgan fingerprint density at radius 2 is 2.67 bits per heavy atom. The monoisotopic (exact) mass is 105 g/mol. The molecule has 0 aliphatic carbocycles. The van der Waals surface area contributed by atoms with Gasteiger partial charge in [0.25, 0.3) is 0 Å². The van der Waals surface area contributed by atoms with E-state index in [1.807, 2.05) is 0 Å². The Balaban J connectivity index is 2.38. The van der Waals surface area contributed by atoms with Crippen molar-refractivity contribution in [2.24, 2.45) is 5.10 Å². The van der Waals surface area contributed by atoms with E-state index in [2.05, 4.69) is 22.4 Å². The predicted octanol–water partition coefficient (Wildman–Crippen LogP) is -0.715. The number of hydrazone groups is 1. The van der Waals surface area contributed by atoms with E-state index >= 15 is 0 Å². The molecule has 0 saturated carbocycles. The molecule has 0 bridgehead atoms. The molecule has 2 N–H and O–H groups in total. The second-order valence-electron chi connectivity index (χ2n) is 0.709. The summed E-state index contributed by atoms with van der Waals surface area (Å²) in [6.45, 7) is 0. The average Bonchev–Trinajstić information content (AvgIpc) is 1.86. The number of nitrogens with one attached hydrogen (secondary N) is 2. The van der Waals surface area contributed by atoms with E-state index in [-0.39, 0.29) is 0 Å². The Hall–Kier alpha value is -0.480. The molecule has 1 heterocycles. The summed E-state index contributed by atoms with van der Waals surface area (Å²) in [5.74, 6) is 0. The molecule has 5 heteroatoms. The smallest absolute Gasteiger partial charge is 0.211 e. The van der Waals surface area contributed by atoms with Gasteiger partial charge in [-0.3, -0.25) is 5.43 Å². The lowest BCUT2D eigenvalue weighted by Gasteiger charge is -1.96. The van der Waals surface area contributed by atoms with Crippen molar-refractivity contribution in [1.29, 1.82) is 0 Å². The first-order valence-electron chi connectivity index (χ1n) is 1.32. The molecule has 0 unspecified atom stereocenters. The average molecular weight is 106 g/mol. The second kappa shape index (κ2) is 1.32. The Morgan fingerprint density at radius 1 is 1.83 bits per heavy atom. The van der Waals surface area contributed by atoms with E-state index in [1.165, 1.54) is 0 Å². The van der Waals surface area contributed by atoms with Crippen LogP contribution >= 0.6 is 11.8 Å². The van der Waals surface area contributed by atoms with E-state index in [0.29, 0.717) is 0 Å². The number of hydrogen-bond donors (Lipinski definition) is 2. The quantitative estimate of drug-likeness (QED) is 0.400. The van der Waals surface area contributed by atoms with Gasteiger partial charge >= 0.3 is 0 Å². The van der Waals surface area contributed by atoms with Gasteiger partial charge in [0.2, 0.25) is 6.34 Å². The molecule has 0 fully saturated rings. The molecule has 1 aliphatic rings. The molecule has 0 amide bonds. The van der Waals surface area contributed by atoms with Gasteiger partial charge in [0.15, 0.2) is 0 Å². The second-order valence-corrected chi connectivity index (χ2v) is 1.03. The summed E-state index contributed by atoms with van der Waals surface area (Å²) in [4.78, 5) is 0. The van der Waals surface area contributed by atoms with Gasteiger partial charge in [-0.05, 0) is 0 Å². The highest BCUT2D eigenvalue weighted by molar-refractivity contribution is 6.13. The van der Waals surface area contributed by atoms with Crippen molar-refractivity contribution < 1.29 is 0 Å². The summed E-state index contributed by atoms with van der Waals surface area (Å²) < 4.78 is 0.986. The van der Waals surface area contributed by atoms with Crippen LogP contribution in [0.5, 0.6) is 0 Å². The van der Waals surface area contributed by atoms with E-state index in [1.54, 1.807) is 0 Å². The van der Waals surface area contributed by atoms with Crippen molar-refractivity contribution in [2.45, 2.75) is 0 Å². The zero-order valence-corrected chi connectivity index (χ0v) is 3.53. The number of rotatable bonds is 0. The lowest BCUT2D eigenvalue weighted by Crippen LogP contribution is -2.29. The Labute approximate surface area is 39.8 Å². The topological polar surface area (TPSA) is 39.7 Å². The highest BCUT2D eigenvalue weighted by atomic mass is 35.5. The van der Waals surface area contributed by atoms with E-state index in [0.717, 1.165) is 4.64 Å². The molecule has 0 aromatic heterocycles. The fourth-order valence-corrected chi connectivity index (χ4v) is 0.245. The lowest BCUT2D eigenvalue weighted by molar-refractivity contribution is 0.369. The summed E-state index contributed by atoms with van der Waals surface area (Å²) in [6, 6.07) is 0. The third-order valence-corrected chi connectivity index (χ3v) is 0.502. The first-order valence-corrected chi connectivity index (χ1v) is 1.65. The van der Waals surface area contributed by atoms with Crippen LogP contribution in [0.1, 0.15) is 0 Å². The predicted molar refractivity (Wildman–Crippen MR) is 21.4 cm³/mol. The van der Waals surface area contributed by atoms with Gasteiger partial charge in [0.1, 0.15) is 0 Å². The van der Waals surface area contributed by atoms with Crippen molar-refractivity contribution in [3.63, 3.8) is 0 Å².